The van der Waals surface area contributed by atoms with Crippen LogP contribution in [0.4, 0.5) is 0 Å². The summed E-state index contributed by atoms with van der Waals surface area (Å²) < 4.78 is 16.6. The summed E-state index contributed by atoms with van der Waals surface area (Å²) in [5, 5.41) is 8.10. The lowest BCUT2D eigenvalue weighted by molar-refractivity contribution is -0.0426. The highest BCUT2D eigenvalue weighted by molar-refractivity contribution is 5.42. The van der Waals surface area contributed by atoms with Crippen LogP contribution in [0.15, 0.2) is 27.2 Å². The van der Waals surface area contributed by atoms with Crippen molar-refractivity contribution >= 4 is 0 Å². The number of hydrogen-bond acceptors (Lipinski definition) is 7. The van der Waals surface area contributed by atoms with Crippen LogP contribution in [0, 0.1) is 0 Å². The van der Waals surface area contributed by atoms with E-state index < -0.39 is 0 Å². The fourth-order valence-corrected chi connectivity index (χ4v) is 2.45. The lowest BCUT2D eigenvalue weighted by Gasteiger charge is -2.33. The summed E-state index contributed by atoms with van der Waals surface area (Å²) in [7, 11) is 4.10. The van der Waals surface area contributed by atoms with E-state index >= 15 is 0 Å². The molecular weight excluding hydrogens is 272 g/mol. The second-order valence-electron chi connectivity index (χ2n) is 5.47. The lowest BCUT2D eigenvalue weighted by Crippen LogP contribution is -2.46. The van der Waals surface area contributed by atoms with E-state index in [4.69, 9.17) is 13.6 Å². The fraction of sp³-hybridized carbons (Fsp3) is 0.571. The molecule has 2 aromatic heterocycles. The molecule has 0 unspecified atom stereocenters. The van der Waals surface area contributed by atoms with Crippen molar-refractivity contribution in [1.29, 1.82) is 0 Å². The zero-order valence-electron chi connectivity index (χ0n) is 12.4. The molecule has 2 aromatic rings. The number of hydrogen-bond donors (Lipinski definition) is 0. The van der Waals surface area contributed by atoms with Crippen LogP contribution in [-0.4, -0.2) is 66.4 Å². The van der Waals surface area contributed by atoms with Crippen LogP contribution >= 0.6 is 0 Å². The Bertz CT molecular complexity index is 552. The molecule has 3 heterocycles. The number of rotatable bonds is 5. The van der Waals surface area contributed by atoms with Gasteiger partial charge in [0.15, 0.2) is 5.76 Å². The Morgan fingerprint density at radius 1 is 1.38 bits per heavy atom. The van der Waals surface area contributed by atoms with Crippen molar-refractivity contribution in [3.05, 3.63) is 24.3 Å². The molecule has 7 nitrogen and oxygen atoms in total. The number of ether oxygens (including phenoxy) is 1. The van der Waals surface area contributed by atoms with Gasteiger partial charge in [-0.2, -0.15) is 0 Å². The molecule has 1 aliphatic rings. The molecule has 1 aliphatic heterocycles. The van der Waals surface area contributed by atoms with Gasteiger partial charge in [0.25, 0.3) is 5.89 Å². The van der Waals surface area contributed by atoms with Crippen molar-refractivity contribution in [3.8, 4) is 11.7 Å². The standard InChI is InChI=1S/C14H20N4O3/c1-17(2)8-11-9-18(5-7-19-11)10-13-15-16-14(21-13)12-4-3-6-20-12/h3-4,6,11H,5,7-10H2,1-2H3/t11-/m1/s1. The first-order valence-electron chi connectivity index (χ1n) is 7.05. The first kappa shape index (κ1) is 14.2. The van der Waals surface area contributed by atoms with E-state index in [0.717, 1.165) is 26.2 Å². The topological polar surface area (TPSA) is 67.8 Å². The summed E-state index contributed by atoms with van der Waals surface area (Å²) in [6, 6.07) is 3.60. The van der Waals surface area contributed by atoms with Gasteiger partial charge in [-0.15, -0.1) is 10.2 Å². The second-order valence-corrected chi connectivity index (χ2v) is 5.47. The average molecular weight is 292 g/mol. The zero-order valence-corrected chi connectivity index (χ0v) is 12.4. The van der Waals surface area contributed by atoms with Gasteiger partial charge in [0.05, 0.1) is 25.5 Å². The van der Waals surface area contributed by atoms with Crippen LogP contribution in [0.1, 0.15) is 5.89 Å². The third kappa shape index (κ3) is 3.69. The molecule has 1 saturated heterocycles. The van der Waals surface area contributed by atoms with Crippen LogP contribution in [0.3, 0.4) is 0 Å². The smallest absolute Gasteiger partial charge is 0.283 e. The molecule has 0 amide bonds. The number of likely N-dealkylation sites (N-methyl/N-ethyl adjacent to an activating group) is 1. The van der Waals surface area contributed by atoms with Gasteiger partial charge in [0.1, 0.15) is 0 Å². The van der Waals surface area contributed by atoms with Crippen LogP contribution in [-0.2, 0) is 11.3 Å². The summed E-state index contributed by atoms with van der Waals surface area (Å²) in [5.41, 5.74) is 0. The average Bonchev–Trinajstić information content (AvgIpc) is 3.08. The van der Waals surface area contributed by atoms with E-state index in [2.05, 4.69) is 34.1 Å². The summed E-state index contributed by atoms with van der Waals surface area (Å²) >= 11 is 0. The molecule has 0 aliphatic carbocycles. The molecular formula is C14H20N4O3. The normalized spacial score (nSPS) is 20.2. The molecule has 0 bridgehead atoms. The van der Waals surface area contributed by atoms with Gasteiger partial charge in [0, 0.05) is 19.6 Å². The summed E-state index contributed by atoms with van der Waals surface area (Å²) in [6.07, 6.45) is 1.81. The molecule has 21 heavy (non-hydrogen) atoms. The molecule has 0 N–H and O–H groups in total. The van der Waals surface area contributed by atoms with Gasteiger partial charge in [0.2, 0.25) is 5.89 Å². The van der Waals surface area contributed by atoms with E-state index in [1.54, 1.807) is 18.4 Å². The number of morpholine rings is 1. The maximum atomic E-state index is 5.76. The maximum Gasteiger partial charge on any atom is 0.283 e. The summed E-state index contributed by atoms with van der Waals surface area (Å²) in [4.78, 5) is 4.41. The Morgan fingerprint density at radius 3 is 3.05 bits per heavy atom. The molecule has 0 radical (unpaired) electrons. The van der Waals surface area contributed by atoms with Crippen molar-refractivity contribution in [1.82, 2.24) is 20.0 Å². The molecule has 114 valence electrons. The SMILES string of the molecule is CN(C)C[C@@H]1CN(Cc2nnc(-c3ccco3)o2)CCO1. The highest BCUT2D eigenvalue weighted by Gasteiger charge is 2.23. The quantitative estimate of drug-likeness (QED) is 0.817. The van der Waals surface area contributed by atoms with E-state index in [1.165, 1.54) is 0 Å². The minimum atomic E-state index is 0.223. The van der Waals surface area contributed by atoms with Gasteiger partial charge < -0.3 is 18.5 Å². The summed E-state index contributed by atoms with van der Waals surface area (Å²) in [5.74, 6) is 1.63. The van der Waals surface area contributed by atoms with Gasteiger partial charge in [-0.3, -0.25) is 4.90 Å². The largest absolute Gasteiger partial charge is 0.459 e. The number of furan rings is 1. The third-order valence-electron chi connectivity index (χ3n) is 3.35. The number of nitrogens with zero attached hydrogens (tertiary/aromatic N) is 4. The first-order valence-corrected chi connectivity index (χ1v) is 7.05. The molecule has 0 saturated carbocycles. The molecule has 3 rings (SSSR count). The van der Waals surface area contributed by atoms with E-state index in [-0.39, 0.29) is 6.10 Å². The Labute approximate surface area is 123 Å². The lowest BCUT2D eigenvalue weighted by atomic mass is 10.2. The second kappa shape index (κ2) is 6.38. The van der Waals surface area contributed by atoms with E-state index in [0.29, 0.717) is 24.1 Å². The molecule has 7 heteroatoms. The Kier molecular flexibility index (Phi) is 4.33. The minimum Gasteiger partial charge on any atom is -0.459 e. The Hall–Kier alpha value is -1.70. The van der Waals surface area contributed by atoms with Crippen molar-refractivity contribution < 1.29 is 13.6 Å². The molecule has 1 atom stereocenters. The molecule has 0 spiro atoms. The first-order chi connectivity index (χ1) is 10.2. The predicted molar refractivity (Wildman–Crippen MR) is 75.6 cm³/mol. The van der Waals surface area contributed by atoms with Crippen molar-refractivity contribution in [2.24, 2.45) is 0 Å². The van der Waals surface area contributed by atoms with Crippen molar-refractivity contribution in [2.75, 3.05) is 40.3 Å². The van der Waals surface area contributed by atoms with Crippen LogP contribution in [0.5, 0.6) is 0 Å². The van der Waals surface area contributed by atoms with Gasteiger partial charge in [-0.25, -0.2) is 0 Å². The maximum absolute atomic E-state index is 5.76. The fourth-order valence-electron chi connectivity index (χ4n) is 2.45. The van der Waals surface area contributed by atoms with Crippen LogP contribution in [0.2, 0.25) is 0 Å². The Balaban J connectivity index is 1.59. The van der Waals surface area contributed by atoms with Crippen molar-refractivity contribution in [2.45, 2.75) is 12.6 Å². The van der Waals surface area contributed by atoms with Gasteiger partial charge in [-0.1, -0.05) is 0 Å². The molecule has 0 aromatic carbocycles. The van der Waals surface area contributed by atoms with Gasteiger partial charge >= 0.3 is 0 Å². The molecule has 1 fully saturated rings. The monoisotopic (exact) mass is 292 g/mol. The highest BCUT2D eigenvalue weighted by Crippen LogP contribution is 2.19. The van der Waals surface area contributed by atoms with E-state index in [1.807, 2.05) is 0 Å². The minimum absolute atomic E-state index is 0.223. The van der Waals surface area contributed by atoms with Gasteiger partial charge in [-0.05, 0) is 26.2 Å². The highest BCUT2D eigenvalue weighted by atomic mass is 16.5. The number of aromatic nitrogens is 2. The van der Waals surface area contributed by atoms with Crippen LogP contribution in [0.25, 0.3) is 11.7 Å². The Morgan fingerprint density at radius 2 is 2.29 bits per heavy atom. The van der Waals surface area contributed by atoms with E-state index in [9.17, 15) is 0 Å². The van der Waals surface area contributed by atoms with Crippen molar-refractivity contribution in [3.63, 3.8) is 0 Å². The zero-order chi connectivity index (χ0) is 14.7. The predicted octanol–water partition coefficient (Wildman–Crippen LogP) is 1.09. The summed E-state index contributed by atoms with van der Waals surface area (Å²) in [6.45, 7) is 4.04. The third-order valence-corrected chi connectivity index (χ3v) is 3.35. The van der Waals surface area contributed by atoms with Crippen LogP contribution < -0.4 is 0 Å².